The first-order valence-electron chi connectivity index (χ1n) is 8.62. The summed E-state index contributed by atoms with van der Waals surface area (Å²) in [5, 5.41) is 3.55. The van der Waals surface area contributed by atoms with Crippen LogP contribution in [-0.2, 0) is 17.9 Å². The average Bonchev–Trinajstić information content (AvgIpc) is 3.27. The second-order valence-corrected chi connectivity index (χ2v) is 7.32. The number of nitrogens with one attached hydrogen (secondary N) is 1. The molecule has 2 unspecified atom stereocenters. The summed E-state index contributed by atoms with van der Waals surface area (Å²) in [5.74, 6) is 1.63. The largest absolute Gasteiger partial charge is 0.374 e. The van der Waals surface area contributed by atoms with Crippen LogP contribution in [0.3, 0.4) is 0 Å². The molecular formula is C19H29NO. The van der Waals surface area contributed by atoms with Crippen molar-refractivity contribution in [2.24, 2.45) is 11.8 Å². The Bertz CT molecular complexity index is 427. The lowest BCUT2D eigenvalue weighted by atomic mass is 9.82. The van der Waals surface area contributed by atoms with E-state index in [1.54, 1.807) is 0 Å². The van der Waals surface area contributed by atoms with Crippen molar-refractivity contribution >= 4 is 0 Å². The Morgan fingerprint density at radius 1 is 0.952 bits per heavy atom. The first-order valence-corrected chi connectivity index (χ1v) is 8.62. The van der Waals surface area contributed by atoms with Crippen molar-refractivity contribution in [3.05, 3.63) is 35.4 Å². The van der Waals surface area contributed by atoms with E-state index < -0.39 is 0 Å². The van der Waals surface area contributed by atoms with Gasteiger partial charge in [0.15, 0.2) is 0 Å². The quantitative estimate of drug-likeness (QED) is 0.843. The van der Waals surface area contributed by atoms with Crippen LogP contribution in [0.5, 0.6) is 0 Å². The van der Waals surface area contributed by atoms with Gasteiger partial charge < -0.3 is 10.1 Å². The highest BCUT2D eigenvalue weighted by molar-refractivity contribution is 5.22. The molecule has 0 aliphatic heterocycles. The maximum Gasteiger partial charge on any atom is 0.0720 e. The van der Waals surface area contributed by atoms with Crippen molar-refractivity contribution in [1.29, 1.82) is 0 Å². The van der Waals surface area contributed by atoms with Crippen molar-refractivity contribution in [2.45, 2.75) is 71.2 Å². The van der Waals surface area contributed by atoms with Crippen LogP contribution < -0.4 is 5.32 Å². The Balaban J connectivity index is 1.43. The third-order valence-corrected chi connectivity index (χ3v) is 4.82. The van der Waals surface area contributed by atoms with Crippen LogP contribution >= 0.6 is 0 Å². The van der Waals surface area contributed by atoms with Gasteiger partial charge in [0.25, 0.3) is 0 Å². The van der Waals surface area contributed by atoms with Crippen LogP contribution in [0.4, 0.5) is 0 Å². The predicted molar refractivity (Wildman–Crippen MR) is 87.1 cm³/mol. The lowest BCUT2D eigenvalue weighted by Crippen LogP contribution is -2.26. The van der Waals surface area contributed by atoms with E-state index in [1.807, 2.05) is 0 Å². The normalized spacial score (nSPS) is 29.5. The van der Waals surface area contributed by atoms with Gasteiger partial charge in [-0.25, -0.2) is 0 Å². The fourth-order valence-corrected chi connectivity index (χ4v) is 3.53. The molecule has 3 rings (SSSR count). The van der Waals surface area contributed by atoms with Gasteiger partial charge in [0, 0.05) is 12.6 Å². The predicted octanol–water partition coefficient (Wildman–Crippen LogP) is 4.28. The average molecular weight is 287 g/mol. The fourth-order valence-electron chi connectivity index (χ4n) is 3.53. The van der Waals surface area contributed by atoms with Crippen LogP contribution in [0.2, 0.25) is 0 Å². The SMILES string of the molecule is CC1CC(C)CC(OCc2ccc(CNC3CC3)cc2)C1. The van der Waals surface area contributed by atoms with Gasteiger partial charge in [-0.15, -0.1) is 0 Å². The molecule has 2 aliphatic carbocycles. The van der Waals surface area contributed by atoms with Gasteiger partial charge in [-0.1, -0.05) is 38.1 Å². The number of hydrogen-bond acceptors (Lipinski definition) is 2. The lowest BCUT2D eigenvalue weighted by Gasteiger charge is -2.31. The third kappa shape index (κ3) is 4.82. The summed E-state index contributed by atoms with van der Waals surface area (Å²) in [5.41, 5.74) is 2.68. The van der Waals surface area contributed by atoms with Gasteiger partial charge in [0.05, 0.1) is 12.7 Å². The van der Waals surface area contributed by atoms with Crippen molar-refractivity contribution < 1.29 is 4.74 Å². The molecule has 0 saturated heterocycles. The first-order chi connectivity index (χ1) is 10.2. The van der Waals surface area contributed by atoms with Gasteiger partial charge in [-0.2, -0.15) is 0 Å². The first kappa shape index (κ1) is 15.1. The number of hydrogen-bond donors (Lipinski definition) is 1. The standard InChI is InChI=1S/C19H29NO/c1-14-9-15(2)11-19(10-14)21-13-17-5-3-16(4-6-17)12-20-18-7-8-18/h3-6,14-15,18-20H,7-13H2,1-2H3. The Kier molecular flexibility index (Phi) is 4.97. The van der Waals surface area contributed by atoms with Crippen molar-refractivity contribution in [2.75, 3.05) is 0 Å². The molecular weight excluding hydrogens is 258 g/mol. The summed E-state index contributed by atoms with van der Waals surface area (Å²) in [4.78, 5) is 0. The van der Waals surface area contributed by atoms with E-state index in [0.717, 1.165) is 31.0 Å². The van der Waals surface area contributed by atoms with Gasteiger partial charge in [0.2, 0.25) is 0 Å². The fraction of sp³-hybridized carbons (Fsp3) is 0.684. The zero-order chi connectivity index (χ0) is 14.7. The van der Waals surface area contributed by atoms with Gasteiger partial charge in [0.1, 0.15) is 0 Å². The molecule has 0 bridgehead atoms. The zero-order valence-corrected chi connectivity index (χ0v) is 13.5. The molecule has 1 aromatic carbocycles. The maximum atomic E-state index is 6.14. The summed E-state index contributed by atoms with van der Waals surface area (Å²) in [6.45, 7) is 6.48. The molecule has 2 nitrogen and oxygen atoms in total. The summed E-state index contributed by atoms with van der Waals surface area (Å²) in [7, 11) is 0. The Morgan fingerprint density at radius 3 is 2.19 bits per heavy atom. The van der Waals surface area contributed by atoms with Gasteiger partial charge >= 0.3 is 0 Å². The van der Waals surface area contributed by atoms with E-state index in [-0.39, 0.29) is 0 Å². The van der Waals surface area contributed by atoms with Crippen LogP contribution in [0, 0.1) is 11.8 Å². The minimum Gasteiger partial charge on any atom is -0.374 e. The molecule has 0 heterocycles. The molecule has 0 amide bonds. The lowest BCUT2D eigenvalue weighted by molar-refractivity contribution is -0.00915. The van der Waals surface area contributed by atoms with E-state index in [9.17, 15) is 0 Å². The highest BCUT2D eigenvalue weighted by Crippen LogP contribution is 2.30. The monoisotopic (exact) mass is 287 g/mol. The molecule has 0 aromatic heterocycles. The van der Waals surface area contributed by atoms with E-state index in [1.165, 1.54) is 43.2 Å². The molecule has 2 atom stereocenters. The highest BCUT2D eigenvalue weighted by atomic mass is 16.5. The number of rotatable bonds is 6. The smallest absolute Gasteiger partial charge is 0.0720 e. The van der Waals surface area contributed by atoms with E-state index in [4.69, 9.17) is 4.74 Å². The Morgan fingerprint density at radius 2 is 1.57 bits per heavy atom. The van der Waals surface area contributed by atoms with Crippen LogP contribution in [0.1, 0.15) is 57.1 Å². The molecule has 2 fully saturated rings. The highest BCUT2D eigenvalue weighted by Gasteiger charge is 2.24. The third-order valence-electron chi connectivity index (χ3n) is 4.82. The van der Waals surface area contributed by atoms with Gasteiger partial charge in [-0.05, 0) is 55.1 Å². The van der Waals surface area contributed by atoms with Gasteiger partial charge in [-0.3, -0.25) is 0 Å². The topological polar surface area (TPSA) is 21.3 Å². The second-order valence-electron chi connectivity index (χ2n) is 7.32. The molecule has 1 N–H and O–H groups in total. The molecule has 2 saturated carbocycles. The van der Waals surface area contributed by atoms with Crippen LogP contribution in [-0.4, -0.2) is 12.1 Å². The molecule has 0 spiro atoms. The Labute approximate surface area is 129 Å². The van der Waals surface area contributed by atoms with Crippen molar-refractivity contribution in [1.82, 2.24) is 5.32 Å². The summed E-state index contributed by atoms with van der Waals surface area (Å²) in [6, 6.07) is 9.70. The van der Waals surface area contributed by atoms with E-state index >= 15 is 0 Å². The van der Waals surface area contributed by atoms with E-state index in [0.29, 0.717) is 6.10 Å². The zero-order valence-electron chi connectivity index (χ0n) is 13.5. The van der Waals surface area contributed by atoms with E-state index in [2.05, 4.69) is 43.4 Å². The minimum absolute atomic E-state index is 0.458. The molecule has 2 aliphatic rings. The van der Waals surface area contributed by atoms with Crippen LogP contribution in [0.15, 0.2) is 24.3 Å². The number of ether oxygens (including phenoxy) is 1. The minimum atomic E-state index is 0.458. The second kappa shape index (κ2) is 6.93. The molecule has 2 heteroatoms. The van der Waals surface area contributed by atoms with Crippen molar-refractivity contribution in [3.63, 3.8) is 0 Å². The molecule has 116 valence electrons. The Hall–Kier alpha value is -0.860. The summed E-state index contributed by atoms with van der Waals surface area (Å²) in [6.07, 6.45) is 6.98. The number of benzene rings is 1. The molecule has 0 radical (unpaired) electrons. The summed E-state index contributed by atoms with van der Waals surface area (Å²) >= 11 is 0. The van der Waals surface area contributed by atoms with Crippen molar-refractivity contribution in [3.8, 4) is 0 Å². The molecule has 21 heavy (non-hydrogen) atoms. The maximum absolute atomic E-state index is 6.14. The van der Waals surface area contributed by atoms with Crippen LogP contribution in [0.25, 0.3) is 0 Å². The summed E-state index contributed by atoms with van der Waals surface area (Å²) < 4.78 is 6.14. The molecule has 1 aromatic rings.